The van der Waals surface area contributed by atoms with Crippen LogP contribution in [0.2, 0.25) is 0 Å². The molecule has 0 saturated carbocycles. The molecule has 0 aliphatic rings. The van der Waals surface area contributed by atoms with Crippen LogP contribution in [0, 0.1) is 6.92 Å². The summed E-state index contributed by atoms with van der Waals surface area (Å²) in [4.78, 5) is 0. The SMILES string of the molecule is COc1ccc(Br)c(-c2ccccc2C)c1. The van der Waals surface area contributed by atoms with Gasteiger partial charge in [0.1, 0.15) is 5.75 Å². The molecule has 0 atom stereocenters. The van der Waals surface area contributed by atoms with Gasteiger partial charge in [-0.3, -0.25) is 0 Å². The van der Waals surface area contributed by atoms with E-state index in [1.165, 1.54) is 11.1 Å². The van der Waals surface area contributed by atoms with Gasteiger partial charge in [-0.15, -0.1) is 0 Å². The first kappa shape index (κ1) is 11.2. The molecule has 2 aromatic carbocycles. The fourth-order valence-corrected chi connectivity index (χ4v) is 2.17. The molecule has 1 nitrogen and oxygen atoms in total. The summed E-state index contributed by atoms with van der Waals surface area (Å²) in [5, 5.41) is 0. The molecule has 0 saturated heterocycles. The minimum absolute atomic E-state index is 0.876. The standard InChI is InChI=1S/C14H13BrO/c1-10-5-3-4-6-12(10)13-9-11(16-2)7-8-14(13)15/h3-9H,1-2H3. The van der Waals surface area contributed by atoms with E-state index in [1.807, 2.05) is 30.3 Å². The Morgan fingerprint density at radius 2 is 1.75 bits per heavy atom. The number of rotatable bonds is 2. The molecule has 0 spiro atoms. The lowest BCUT2D eigenvalue weighted by atomic mass is 10.0. The first-order valence-corrected chi connectivity index (χ1v) is 5.91. The summed E-state index contributed by atoms with van der Waals surface area (Å²) in [5.74, 6) is 0.876. The maximum atomic E-state index is 5.25. The second kappa shape index (κ2) is 4.71. The van der Waals surface area contributed by atoms with Crippen molar-refractivity contribution in [2.24, 2.45) is 0 Å². The molecule has 0 amide bonds. The molecule has 0 bridgehead atoms. The lowest BCUT2D eigenvalue weighted by molar-refractivity contribution is 0.415. The van der Waals surface area contributed by atoms with Gasteiger partial charge in [-0.05, 0) is 41.8 Å². The van der Waals surface area contributed by atoms with Crippen LogP contribution in [-0.2, 0) is 0 Å². The number of halogens is 1. The van der Waals surface area contributed by atoms with Crippen molar-refractivity contribution in [3.8, 4) is 16.9 Å². The van der Waals surface area contributed by atoms with Crippen LogP contribution < -0.4 is 4.74 Å². The average Bonchev–Trinajstić information content (AvgIpc) is 2.31. The molecule has 16 heavy (non-hydrogen) atoms. The summed E-state index contributed by atoms with van der Waals surface area (Å²) in [6, 6.07) is 14.3. The van der Waals surface area contributed by atoms with Gasteiger partial charge in [0.05, 0.1) is 7.11 Å². The van der Waals surface area contributed by atoms with E-state index in [0.29, 0.717) is 0 Å². The molecule has 82 valence electrons. The molecule has 0 heterocycles. The minimum Gasteiger partial charge on any atom is -0.497 e. The Morgan fingerprint density at radius 3 is 2.44 bits per heavy atom. The lowest BCUT2D eigenvalue weighted by Crippen LogP contribution is -1.87. The predicted molar refractivity (Wildman–Crippen MR) is 70.9 cm³/mol. The van der Waals surface area contributed by atoms with Crippen molar-refractivity contribution >= 4 is 15.9 Å². The Hall–Kier alpha value is -1.28. The summed E-state index contributed by atoms with van der Waals surface area (Å²) in [6.45, 7) is 2.11. The van der Waals surface area contributed by atoms with Gasteiger partial charge in [0.2, 0.25) is 0 Å². The maximum absolute atomic E-state index is 5.25. The van der Waals surface area contributed by atoms with Crippen LogP contribution in [-0.4, -0.2) is 7.11 Å². The number of hydrogen-bond donors (Lipinski definition) is 0. The number of methoxy groups -OCH3 is 1. The van der Waals surface area contributed by atoms with Gasteiger partial charge in [0.15, 0.2) is 0 Å². The van der Waals surface area contributed by atoms with Crippen LogP contribution in [0.1, 0.15) is 5.56 Å². The Kier molecular flexibility index (Phi) is 3.30. The second-order valence-corrected chi connectivity index (χ2v) is 4.52. The first-order valence-electron chi connectivity index (χ1n) is 5.12. The highest BCUT2D eigenvalue weighted by Crippen LogP contribution is 2.33. The van der Waals surface area contributed by atoms with Crippen LogP contribution >= 0.6 is 15.9 Å². The lowest BCUT2D eigenvalue weighted by Gasteiger charge is -2.09. The van der Waals surface area contributed by atoms with E-state index in [2.05, 4.69) is 35.0 Å². The molecule has 2 aromatic rings. The van der Waals surface area contributed by atoms with E-state index in [0.717, 1.165) is 15.8 Å². The van der Waals surface area contributed by atoms with E-state index in [-0.39, 0.29) is 0 Å². The molecular weight excluding hydrogens is 264 g/mol. The van der Waals surface area contributed by atoms with Gasteiger partial charge in [-0.1, -0.05) is 40.2 Å². The Labute approximate surface area is 104 Å². The van der Waals surface area contributed by atoms with E-state index < -0.39 is 0 Å². The summed E-state index contributed by atoms with van der Waals surface area (Å²) in [7, 11) is 1.69. The maximum Gasteiger partial charge on any atom is 0.119 e. The average molecular weight is 277 g/mol. The van der Waals surface area contributed by atoms with Gasteiger partial charge in [0, 0.05) is 4.47 Å². The molecule has 0 unspecified atom stereocenters. The normalized spacial score (nSPS) is 10.2. The highest BCUT2D eigenvalue weighted by Gasteiger charge is 2.06. The molecule has 0 aromatic heterocycles. The van der Waals surface area contributed by atoms with Gasteiger partial charge < -0.3 is 4.74 Å². The van der Waals surface area contributed by atoms with Crippen molar-refractivity contribution in [3.05, 3.63) is 52.5 Å². The van der Waals surface area contributed by atoms with Crippen LogP contribution in [0.15, 0.2) is 46.9 Å². The highest BCUT2D eigenvalue weighted by atomic mass is 79.9. The van der Waals surface area contributed by atoms with Gasteiger partial charge in [0.25, 0.3) is 0 Å². The fraction of sp³-hybridized carbons (Fsp3) is 0.143. The smallest absolute Gasteiger partial charge is 0.119 e. The third-order valence-electron chi connectivity index (χ3n) is 2.61. The monoisotopic (exact) mass is 276 g/mol. The molecule has 0 N–H and O–H groups in total. The van der Waals surface area contributed by atoms with E-state index in [4.69, 9.17) is 4.74 Å². The molecule has 0 aliphatic heterocycles. The summed E-state index contributed by atoms with van der Waals surface area (Å²) in [5.41, 5.74) is 3.65. The van der Waals surface area contributed by atoms with E-state index in [9.17, 15) is 0 Å². The van der Waals surface area contributed by atoms with Gasteiger partial charge in [-0.25, -0.2) is 0 Å². The first-order chi connectivity index (χ1) is 7.72. The Morgan fingerprint density at radius 1 is 1.00 bits per heavy atom. The number of hydrogen-bond acceptors (Lipinski definition) is 1. The number of aryl methyl sites for hydroxylation is 1. The third kappa shape index (κ3) is 2.12. The molecule has 0 aliphatic carbocycles. The zero-order chi connectivity index (χ0) is 11.5. The predicted octanol–water partition coefficient (Wildman–Crippen LogP) is 4.43. The number of ether oxygens (including phenoxy) is 1. The minimum atomic E-state index is 0.876. The van der Waals surface area contributed by atoms with Crippen LogP contribution in [0.4, 0.5) is 0 Å². The van der Waals surface area contributed by atoms with Gasteiger partial charge in [-0.2, -0.15) is 0 Å². The van der Waals surface area contributed by atoms with Crippen molar-refractivity contribution < 1.29 is 4.74 Å². The zero-order valence-electron chi connectivity index (χ0n) is 9.33. The topological polar surface area (TPSA) is 9.23 Å². The zero-order valence-corrected chi connectivity index (χ0v) is 10.9. The quantitative estimate of drug-likeness (QED) is 0.788. The van der Waals surface area contributed by atoms with Crippen molar-refractivity contribution in [1.82, 2.24) is 0 Å². The second-order valence-electron chi connectivity index (χ2n) is 3.66. The molecule has 0 fully saturated rings. The van der Waals surface area contributed by atoms with E-state index in [1.54, 1.807) is 7.11 Å². The van der Waals surface area contributed by atoms with Crippen LogP contribution in [0.3, 0.4) is 0 Å². The Balaban J connectivity index is 2.59. The van der Waals surface area contributed by atoms with Crippen LogP contribution in [0.25, 0.3) is 11.1 Å². The fourth-order valence-electron chi connectivity index (χ4n) is 1.71. The van der Waals surface area contributed by atoms with Crippen molar-refractivity contribution in [2.75, 3.05) is 7.11 Å². The van der Waals surface area contributed by atoms with Gasteiger partial charge >= 0.3 is 0 Å². The third-order valence-corrected chi connectivity index (χ3v) is 3.30. The largest absolute Gasteiger partial charge is 0.497 e. The van der Waals surface area contributed by atoms with Crippen molar-refractivity contribution in [3.63, 3.8) is 0 Å². The molecule has 0 radical (unpaired) electrons. The van der Waals surface area contributed by atoms with Crippen molar-refractivity contribution in [2.45, 2.75) is 6.92 Å². The molecular formula is C14H13BrO. The summed E-state index contributed by atoms with van der Waals surface area (Å²) >= 11 is 3.57. The highest BCUT2D eigenvalue weighted by molar-refractivity contribution is 9.10. The molecule has 2 rings (SSSR count). The molecule has 2 heteroatoms. The summed E-state index contributed by atoms with van der Waals surface area (Å²) in [6.07, 6.45) is 0. The van der Waals surface area contributed by atoms with Crippen LogP contribution in [0.5, 0.6) is 5.75 Å². The Bertz CT molecular complexity index is 506. The van der Waals surface area contributed by atoms with E-state index >= 15 is 0 Å². The van der Waals surface area contributed by atoms with Crippen molar-refractivity contribution in [1.29, 1.82) is 0 Å². The number of benzene rings is 2. The summed E-state index contributed by atoms with van der Waals surface area (Å²) < 4.78 is 6.34.